The molecule has 2 unspecified atom stereocenters. The number of fused-ring (bicyclic) bond motifs is 1. The Kier molecular flexibility index (Phi) is 18.1. The molecule has 0 fully saturated rings. The number of hydrogen-bond donors (Lipinski definition) is 4. The number of ether oxygens (including phenoxy) is 1. The lowest BCUT2D eigenvalue weighted by Crippen LogP contribution is -2.44. The molecule has 11 heteroatoms. The van der Waals surface area contributed by atoms with Crippen LogP contribution in [0.15, 0.2) is 151 Å². The van der Waals surface area contributed by atoms with E-state index in [9.17, 15) is 19.5 Å². The lowest BCUT2D eigenvalue weighted by molar-refractivity contribution is -0.552. The van der Waals surface area contributed by atoms with E-state index < -0.39 is 11.9 Å². The van der Waals surface area contributed by atoms with E-state index in [0.717, 1.165) is 93.9 Å². The smallest absolute Gasteiger partial charge is 0.359 e. The van der Waals surface area contributed by atoms with Crippen LogP contribution in [0, 0.1) is 11.7 Å². The molecule has 8 rings (SSSR count). The summed E-state index contributed by atoms with van der Waals surface area (Å²) < 4.78 is 22.7. The highest BCUT2D eigenvalue weighted by Gasteiger charge is 2.41. The third kappa shape index (κ3) is 14.7. The fraction of sp³-hybridized carbons (Fsp3) is 0.350. The highest BCUT2D eigenvalue weighted by atomic mass is 19.1. The van der Waals surface area contributed by atoms with Crippen LogP contribution in [0.1, 0.15) is 116 Å². The van der Waals surface area contributed by atoms with Gasteiger partial charge in [0, 0.05) is 43.5 Å². The van der Waals surface area contributed by atoms with Crippen LogP contribution in [0.3, 0.4) is 0 Å². The Bertz CT molecular complexity index is 2730. The summed E-state index contributed by atoms with van der Waals surface area (Å²) in [6.07, 6.45) is 15.5. The molecule has 2 aliphatic rings. The van der Waals surface area contributed by atoms with Gasteiger partial charge < -0.3 is 20.5 Å². The Balaban J connectivity index is 0.725. The molecular formula is C60H67FN5O5+. The number of allylic oxidation sites excluding steroid dienone is 2. The van der Waals surface area contributed by atoms with Gasteiger partial charge in [-0.05, 0) is 115 Å². The summed E-state index contributed by atoms with van der Waals surface area (Å²) in [5, 5.41) is 19.5. The minimum atomic E-state index is -0.611. The molecule has 4 N–H and O–H groups in total. The van der Waals surface area contributed by atoms with Crippen molar-refractivity contribution in [3.63, 3.8) is 0 Å². The Labute approximate surface area is 417 Å². The number of phenols is 1. The number of carbonyl (C=O) groups excluding carboxylic acids is 3. The highest BCUT2D eigenvalue weighted by molar-refractivity contribution is 5.85. The molecule has 0 bridgehead atoms. The van der Waals surface area contributed by atoms with E-state index in [-0.39, 0.29) is 48.5 Å². The third-order valence-corrected chi connectivity index (χ3v) is 13.6. The molecular weight excluding hydrogens is 890 g/mol. The lowest BCUT2D eigenvalue weighted by Gasteiger charge is -2.27. The fourth-order valence-corrected chi connectivity index (χ4v) is 9.79. The topological polar surface area (TPSA) is 134 Å². The quantitative estimate of drug-likeness (QED) is 0.0371. The largest absolute Gasteiger partial charge is 0.508 e. The number of amides is 2. The molecule has 71 heavy (non-hydrogen) atoms. The Morgan fingerprint density at radius 3 is 2.10 bits per heavy atom. The number of hydrogen-bond acceptors (Lipinski definition) is 7. The average Bonchev–Trinajstić information content (AvgIpc) is 3.69. The van der Waals surface area contributed by atoms with Crippen molar-refractivity contribution in [2.45, 2.75) is 115 Å². The summed E-state index contributed by atoms with van der Waals surface area (Å²) in [5.74, 6) is 0.479. The van der Waals surface area contributed by atoms with E-state index in [4.69, 9.17) is 9.72 Å². The summed E-state index contributed by atoms with van der Waals surface area (Å²) in [7, 11) is 0. The first kappa shape index (κ1) is 50.3. The van der Waals surface area contributed by atoms with E-state index in [1.165, 1.54) is 29.2 Å². The molecule has 368 valence electrons. The van der Waals surface area contributed by atoms with Gasteiger partial charge in [-0.2, -0.15) is 4.57 Å². The van der Waals surface area contributed by atoms with Gasteiger partial charge in [0.15, 0.2) is 17.6 Å². The first-order chi connectivity index (χ1) is 34.8. The second-order valence-electron chi connectivity index (χ2n) is 19.0. The molecule has 0 radical (unpaired) electrons. The van der Waals surface area contributed by atoms with Crippen LogP contribution in [0.25, 0.3) is 11.3 Å². The molecule has 2 heterocycles. The number of aromatic nitrogens is 2. The number of nitrogens with zero attached hydrogens (tertiary/aromatic N) is 2. The molecule has 0 saturated carbocycles. The standard InChI is InChI=1S/C60H66FN5O5/c61-51-39-46(41-54-60(70)66-42-55(47-28-30-49(67)31-29-47)63-53(59(66)65-54)40-45-23-13-7-14-24-45)27-32-56(51)71-36-18-4-2-1-3-17-35-62-57(68)33-34-58(69)64-52-26-16-8-15-25-48(37-43-19-9-5-10-20-43)50(52)38-44-21-11-6-12-22-44/h5-7,9-14,19-24,27-32,39,42,48,54H,1-4,8,15-18,25-26,33-38,40-41H2,(H3,62,64,67,68,69)/p+1. The molecule has 10 nitrogen and oxygen atoms in total. The highest BCUT2D eigenvalue weighted by Crippen LogP contribution is 2.33. The first-order valence-electron chi connectivity index (χ1n) is 25.6. The van der Waals surface area contributed by atoms with E-state index in [1.54, 1.807) is 41.1 Å². The van der Waals surface area contributed by atoms with Gasteiger partial charge in [-0.25, -0.2) is 14.2 Å². The van der Waals surface area contributed by atoms with E-state index in [0.29, 0.717) is 48.3 Å². The number of halogens is 1. The van der Waals surface area contributed by atoms with Gasteiger partial charge in [-0.1, -0.05) is 136 Å². The number of unbranched alkanes of at least 4 members (excludes halogenated alkanes) is 5. The number of nitrogens with one attached hydrogen (secondary N) is 3. The Morgan fingerprint density at radius 1 is 0.718 bits per heavy atom. The van der Waals surface area contributed by atoms with Crippen LogP contribution >= 0.6 is 0 Å². The minimum absolute atomic E-state index is 0.0986. The normalized spacial score (nSPS) is 15.6. The van der Waals surface area contributed by atoms with Gasteiger partial charge in [0.25, 0.3) is 0 Å². The predicted molar refractivity (Wildman–Crippen MR) is 276 cm³/mol. The zero-order valence-electron chi connectivity index (χ0n) is 40.7. The second kappa shape index (κ2) is 25.6. The number of aromatic hydroxyl groups is 1. The number of phenolic OH excluding ortho intramolecular Hbond substituents is 1. The Hall–Kier alpha value is -7.14. The van der Waals surface area contributed by atoms with E-state index in [2.05, 4.69) is 70.5 Å². The maximum Gasteiger partial charge on any atom is 0.359 e. The lowest BCUT2D eigenvalue weighted by atomic mass is 9.80. The molecule has 5 aromatic carbocycles. The minimum Gasteiger partial charge on any atom is -0.508 e. The number of carbonyl (C=O) groups is 3. The van der Waals surface area contributed by atoms with Crippen molar-refractivity contribution in [1.82, 2.24) is 15.6 Å². The van der Waals surface area contributed by atoms with Gasteiger partial charge in [-0.3, -0.25) is 14.9 Å². The molecule has 2 atom stereocenters. The van der Waals surface area contributed by atoms with Gasteiger partial charge in [0.1, 0.15) is 23.3 Å². The van der Waals surface area contributed by atoms with Gasteiger partial charge in [-0.15, -0.1) is 0 Å². The summed E-state index contributed by atoms with van der Waals surface area (Å²) in [5.41, 5.74) is 8.74. The summed E-state index contributed by atoms with van der Waals surface area (Å²) in [6.45, 7) is 0.979. The first-order valence-corrected chi connectivity index (χ1v) is 25.6. The van der Waals surface area contributed by atoms with Crippen molar-refractivity contribution < 1.29 is 33.2 Å². The van der Waals surface area contributed by atoms with Crippen molar-refractivity contribution in [1.29, 1.82) is 0 Å². The van der Waals surface area contributed by atoms with E-state index in [1.807, 2.05) is 42.5 Å². The monoisotopic (exact) mass is 957 g/mol. The van der Waals surface area contributed by atoms with Crippen molar-refractivity contribution in [2.24, 2.45) is 5.92 Å². The second-order valence-corrected chi connectivity index (χ2v) is 19.0. The molecule has 0 spiro atoms. The van der Waals surface area contributed by atoms with Crippen molar-refractivity contribution in [3.05, 3.63) is 185 Å². The number of benzene rings is 5. The maximum atomic E-state index is 15.3. The van der Waals surface area contributed by atoms with Crippen LogP contribution in [0.5, 0.6) is 11.5 Å². The number of rotatable bonds is 23. The fourth-order valence-electron chi connectivity index (χ4n) is 9.79. The van der Waals surface area contributed by atoms with Gasteiger partial charge in [0.05, 0.1) is 6.61 Å². The van der Waals surface area contributed by atoms with Crippen LogP contribution in [-0.2, 0) is 35.3 Å². The molecule has 0 saturated heterocycles. The average molecular weight is 957 g/mol. The SMILES string of the molecule is O=C(CCC(=O)NC1=C(Cc2ccccc2)C(Cc2ccccc2)CCCCC1)NCCCCCCCCOc1ccc(CC2Nc3c(Cc4ccccc4)nc(-c4ccc(O)cc4)c[n+]3C2=O)cc1F. The molecule has 1 aromatic heterocycles. The zero-order chi connectivity index (χ0) is 49.2. The van der Waals surface area contributed by atoms with Crippen molar-refractivity contribution in [2.75, 3.05) is 18.5 Å². The molecule has 1 aliphatic heterocycles. The predicted octanol–water partition coefficient (Wildman–Crippen LogP) is 11.2. The van der Waals surface area contributed by atoms with Crippen LogP contribution in [-0.4, -0.2) is 47.0 Å². The van der Waals surface area contributed by atoms with Crippen LogP contribution in [0.2, 0.25) is 0 Å². The van der Waals surface area contributed by atoms with Crippen LogP contribution in [0.4, 0.5) is 10.2 Å². The summed E-state index contributed by atoms with van der Waals surface area (Å²) in [4.78, 5) is 44.8. The Morgan fingerprint density at radius 2 is 1.38 bits per heavy atom. The zero-order valence-corrected chi connectivity index (χ0v) is 40.7. The van der Waals surface area contributed by atoms with Gasteiger partial charge in [0.2, 0.25) is 11.8 Å². The molecule has 1 aliphatic carbocycles. The summed E-state index contributed by atoms with van der Waals surface area (Å²) >= 11 is 0. The van der Waals surface area contributed by atoms with Gasteiger partial charge >= 0.3 is 11.7 Å². The van der Waals surface area contributed by atoms with Crippen molar-refractivity contribution in [3.8, 4) is 22.8 Å². The summed E-state index contributed by atoms with van der Waals surface area (Å²) in [6, 6.07) is 42.1. The molecule has 2 amide bonds. The molecule has 6 aromatic rings. The maximum absolute atomic E-state index is 15.3. The van der Waals surface area contributed by atoms with Crippen LogP contribution < -0.4 is 25.3 Å². The third-order valence-electron chi connectivity index (χ3n) is 13.6. The van der Waals surface area contributed by atoms with E-state index >= 15 is 4.39 Å². The van der Waals surface area contributed by atoms with Crippen molar-refractivity contribution >= 4 is 23.5 Å². The number of anilines is 1.